The predicted molar refractivity (Wildman–Crippen MR) is 64.2 cm³/mol. The first-order chi connectivity index (χ1) is 7.56. The average Bonchev–Trinajstić information content (AvgIpc) is 2.17. The van der Waals surface area contributed by atoms with E-state index in [0.29, 0.717) is 10.6 Å². The van der Waals surface area contributed by atoms with Crippen LogP contribution in [0.3, 0.4) is 0 Å². The molecule has 1 fully saturated rings. The maximum absolute atomic E-state index is 10.8. The van der Waals surface area contributed by atoms with Gasteiger partial charge < -0.3 is 4.74 Å². The topological polar surface area (TPSA) is 52.4 Å². The molecule has 1 saturated carbocycles. The molecule has 4 nitrogen and oxygen atoms in total. The minimum absolute atomic E-state index is 0.0537. The molecule has 0 heterocycles. The van der Waals surface area contributed by atoms with Crippen LogP contribution in [0.5, 0.6) is 5.75 Å². The molecule has 2 rings (SSSR count). The normalized spacial score (nSPS) is 23.6. The van der Waals surface area contributed by atoms with Crippen molar-refractivity contribution in [3.63, 3.8) is 0 Å². The van der Waals surface area contributed by atoms with E-state index < -0.39 is 4.92 Å². The minimum atomic E-state index is -0.396. The lowest BCUT2D eigenvalue weighted by Gasteiger charge is -2.31. The molecule has 5 heteroatoms. The second kappa shape index (κ2) is 4.41. The molecule has 0 radical (unpaired) electrons. The Labute approximate surface area is 102 Å². The molecule has 16 heavy (non-hydrogen) atoms. The molecule has 0 unspecified atom stereocenters. The van der Waals surface area contributed by atoms with Gasteiger partial charge in [-0.2, -0.15) is 0 Å². The van der Waals surface area contributed by atoms with E-state index in [9.17, 15) is 10.1 Å². The van der Waals surface area contributed by atoms with E-state index >= 15 is 0 Å². The smallest absolute Gasteiger partial charge is 0.311 e. The van der Waals surface area contributed by atoms with Gasteiger partial charge in [0.2, 0.25) is 0 Å². The standard InChI is InChI=1S/C11H12BrNO3/c1-7-2-3-11(10(4-7)13(14)15)16-9-5-8(12)6-9/h2-4,8-9H,5-6H2,1H3. The molecule has 86 valence electrons. The summed E-state index contributed by atoms with van der Waals surface area (Å²) in [5.41, 5.74) is 0.920. The van der Waals surface area contributed by atoms with Crippen LogP contribution >= 0.6 is 15.9 Å². The van der Waals surface area contributed by atoms with Crippen LogP contribution in [0.15, 0.2) is 18.2 Å². The number of halogens is 1. The summed E-state index contributed by atoms with van der Waals surface area (Å²) in [6.07, 6.45) is 1.92. The van der Waals surface area contributed by atoms with Gasteiger partial charge in [-0.25, -0.2) is 0 Å². The van der Waals surface area contributed by atoms with Gasteiger partial charge in [0.15, 0.2) is 5.75 Å². The number of hydrogen-bond acceptors (Lipinski definition) is 3. The predicted octanol–water partition coefficient (Wildman–Crippen LogP) is 3.21. The average molecular weight is 286 g/mol. The van der Waals surface area contributed by atoms with Crippen molar-refractivity contribution in [2.75, 3.05) is 0 Å². The zero-order valence-corrected chi connectivity index (χ0v) is 10.4. The Balaban J connectivity index is 2.16. The minimum Gasteiger partial charge on any atom is -0.483 e. The Morgan fingerprint density at radius 1 is 1.50 bits per heavy atom. The Morgan fingerprint density at radius 2 is 2.19 bits per heavy atom. The first-order valence-corrected chi connectivity index (χ1v) is 6.03. The summed E-state index contributed by atoms with van der Waals surface area (Å²) < 4.78 is 5.60. The van der Waals surface area contributed by atoms with Crippen molar-refractivity contribution in [3.8, 4) is 5.75 Å². The van der Waals surface area contributed by atoms with Crippen molar-refractivity contribution >= 4 is 21.6 Å². The molecule has 1 aromatic carbocycles. The number of rotatable bonds is 3. The molecular weight excluding hydrogens is 274 g/mol. The molecule has 0 atom stereocenters. The van der Waals surface area contributed by atoms with Crippen LogP contribution in [0, 0.1) is 17.0 Å². The maximum Gasteiger partial charge on any atom is 0.311 e. The molecule has 0 bridgehead atoms. The SMILES string of the molecule is Cc1ccc(OC2CC(Br)C2)c([N+](=O)[O-])c1. The Bertz CT molecular complexity index is 416. The second-order valence-corrected chi connectivity index (χ2v) is 5.33. The monoisotopic (exact) mass is 285 g/mol. The highest BCUT2D eigenvalue weighted by Crippen LogP contribution is 2.35. The molecule has 0 saturated heterocycles. The number of hydrogen-bond donors (Lipinski definition) is 0. The van der Waals surface area contributed by atoms with Crippen molar-refractivity contribution in [1.29, 1.82) is 0 Å². The lowest BCUT2D eigenvalue weighted by molar-refractivity contribution is -0.386. The molecule has 1 aromatic rings. The summed E-state index contributed by atoms with van der Waals surface area (Å²) in [4.78, 5) is 10.9. The van der Waals surface area contributed by atoms with Crippen LogP contribution in [0.4, 0.5) is 5.69 Å². The molecular formula is C11H12BrNO3. The summed E-state index contributed by atoms with van der Waals surface area (Å²) >= 11 is 3.46. The first-order valence-electron chi connectivity index (χ1n) is 5.12. The van der Waals surface area contributed by atoms with Crippen molar-refractivity contribution in [2.24, 2.45) is 0 Å². The lowest BCUT2D eigenvalue weighted by Crippen LogP contribution is -2.34. The lowest BCUT2D eigenvalue weighted by atomic mass is 9.96. The van der Waals surface area contributed by atoms with Crippen LogP contribution in [0.1, 0.15) is 18.4 Å². The van der Waals surface area contributed by atoms with E-state index in [2.05, 4.69) is 15.9 Å². The third kappa shape index (κ3) is 2.35. The number of ether oxygens (including phenoxy) is 1. The number of nitro groups is 1. The van der Waals surface area contributed by atoms with Crippen molar-refractivity contribution in [2.45, 2.75) is 30.7 Å². The summed E-state index contributed by atoms with van der Waals surface area (Å²) in [6, 6.07) is 5.04. The fourth-order valence-corrected chi connectivity index (χ4v) is 2.48. The number of nitro benzene ring substituents is 1. The third-order valence-corrected chi connectivity index (χ3v) is 3.39. The van der Waals surface area contributed by atoms with Gasteiger partial charge in [-0.3, -0.25) is 10.1 Å². The van der Waals surface area contributed by atoms with Crippen molar-refractivity contribution in [3.05, 3.63) is 33.9 Å². The van der Waals surface area contributed by atoms with Crippen LogP contribution in [0.2, 0.25) is 0 Å². The highest BCUT2D eigenvalue weighted by Gasteiger charge is 2.30. The zero-order valence-electron chi connectivity index (χ0n) is 8.85. The third-order valence-electron chi connectivity index (χ3n) is 2.64. The Hall–Kier alpha value is -1.10. The molecule has 1 aliphatic carbocycles. The number of benzene rings is 1. The number of nitrogens with zero attached hydrogens (tertiary/aromatic N) is 1. The van der Waals surface area contributed by atoms with Gasteiger partial charge in [-0.15, -0.1) is 0 Å². The molecule has 1 aliphatic rings. The fraction of sp³-hybridized carbons (Fsp3) is 0.455. The van der Waals surface area contributed by atoms with Crippen LogP contribution in [-0.4, -0.2) is 15.9 Å². The van der Waals surface area contributed by atoms with Crippen LogP contribution < -0.4 is 4.74 Å². The first kappa shape index (κ1) is 11.4. The molecule has 0 amide bonds. The molecule has 0 spiro atoms. The van der Waals surface area contributed by atoms with Crippen molar-refractivity contribution in [1.82, 2.24) is 0 Å². The summed E-state index contributed by atoms with van der Waals surface area (Å²) in [5.74, 6) is 0.375. The van der Waals surface area contributed by atoms with Gasteiger partial charge in [0.05, 0.1) is 4.92 Å². The van der Waals surface area contributed by atoms with E-state index in [1.807, 2.05) is 13.0 Å². The largest absolute Gasteiger partial charge is 0.483 e. The Kier molecular flexibility index (Phi) is 3.14. The summed E-state index contributed by atoms with van der Waals surface area (Å²) in [6.45, 7) is 1.83. The Morgan fingerprint density at radius 3 is 2.75 bits per heavy atom. The van der Waals surface area contributed by atoms with E-state index in [1.165, 1.54) is 0 Å². The van der Waals surface area contributed by atoms with Gasteiger partial charge in [0, 0.05) is 10.9 Å². The van der Waals surface area contributed by atoms with E-state index in [0.717, 1.165) is 18.4 Å². The van der Waals surface area contributed by atoms with Gasteiger partial charge in [0.25, 0.3) is 0 Å². The van der Waals surface area contributed by atoms with E-state index in [1.54, 1.807) is 12.1 Å². The van der Waals surface area contributed by atoms with Crippen LogP contribution in [0.25, 0.3) is 0 Å². The number of aryl methyl sites for hydroxylation is 1. The number of alkyl halides is 1. The summed E-state index contributed by atoms with van der Waals surface area (Å²) in [5, 5.41) is 10.8. The van der Waals surface area contributed by atoms with E-state index in [-0.39, 0.29) is 11.8 Å². The molecule has 0 N–H and O–H groups in total. The van der Waals surface area contributed by atoms with Gasteiger partial charge >= 0.3 is 5.69 Å². The van der Waals surface area contributed by atoms with Crippen LogP contribution in [-0.2, 0) is 0 Å². The molecule has 0 aromatic heterocycles. The zero-order chi connectivity index (χ0) is 11.7. The van der Waals surface area contributed by atoms with Gasteiger partial charge in [-0.05, 0) is 31.4 Å². The van der Waals surface area contributed by atoms with Gasteiger partial charge in [-0.1, -0.05) is 22.0 Å². The maximum atomic E-state index is 10.8. The van der Waals surface area contributed by atoms with E-state index in [4.69, 9.17) is 4.74 Å². The highest BCUT2D eigenvalue weighted by molar-refractivity contribution is 9.09. The quantitative estimate of drug-likeness (QED) is 0.487. The van der Waals surface area contributed by atoms with Crippen molar-refractivity contribution < 1.29 is 9.66 Å². The second-order valence-electron chi connectivity index (χ2n) is 4.04. The highest BCUT2D eigenvalue weighted by atomic mass is 79.9. The fourth-order valence-electron chi connectivity index (χ4n) is 1.65. The molecule has 0 aliphatic heterocycles. The van der Waals surface area contributed by atoms with Gasteiger partial charge in [0.1, 0.15) is 6.10 Å². The summed E-state index contributed by atoms with van der Waals surface area (Å²) in [7, 11) is 0.